The van der Waals surface area contributed by atoms with Gasteiger partial charge < -0.3 is 14.8 Å². The fraction of sp³-hybridized carbons (Fsp3) is 0.381. The summed E-state index contributed by atoms with van der Waals surface area (Å²) >= 11 is 6.04. The van der Waals surface area contributed by atoms with Gasteiger partial charge in [-0.15, -0.1) is 0 Å². The van der Waals surface area contributed by atoms with Gasteiger partial charge in [0.05, 0.1) is 17.0 Å². The van der Waals surface area contributed by atoms with Gasteiger partial charge in [0.15, 0.2) is 6.61 Å². The Balaban J connectivity index is 1.55. The first-order chi connectivity index (χ1) is 14.3. The number of carbonyl (C=O) groups is 1. The maximum absolute atomic E-state index is 12.7. The molecule has 0 saturated carbocycles. The van der Waals surface area contributed by atoms with E-state index in [4.69, 9.17) is 21.1 Å². The normalized spacial score (nSPS) is 15.6. The molecule has 0 bridgehead atoms. The molecule has 1 saturated heterocycles. The molecule has 1 aliphatic heterocycles. The molecule has 1 N–H and O–H groups in total. The summed E-state index contributed by atoms with van der Waals surface area (Å²) in [5.74, 6) is 1.10. The zero-order valence-corrected chi connectivity index (χ0v) is 18.5. The van der Waals surface area contributed by atoms with Crippen LogP contribution in [0.1, 0.15) is 19.8 Å². The fourth-order valence-electron chi connectivity index (χ4n) is 3.17. The Bertz CT molecular complexity index is 987. The van der Waals surface area contributed by atoms with Crippen LogP contribution < -0.4 is 14.8 Å². The van der Waals surface area contributed by atoms with E-state index in [1.54, 1.807) is 30.3 Å². The first kappa shape index (κ1) is 22.4. The monoisotopic (exact) mass is 452 g/mol. The molecule has 30 heavy (non-hydrogen) atoms. The highest BCUT2D eigenvalue weighted by Crippen LogP contribution is 2.27. The van der Waals surface area contributed by atoms with Gasteiger partial charge in [-0.3, -0.25) is 4.79 Å². The number of sulfonamides is 1. The number of carbonyl (C=O) groups excluding carboxylic acids is 1. The summed E-state index contributed by atoms with van der Waals surface area (Å²) in [4.78, 5) is 12.3. The quantitative estimate of drug-likeness (QED) is 0.690. The number of ether oxygens (including phenoxy) is 2. The third kappa shape index (κ3) is 5.44. The van der Waals surface area contributed by atoms with Gasteiger partial charge in [0.1, 0.15) is 11.5 Å². The van der Waals surface area contributed by atoms with Crippen molar-refractivity contribution in [2.45, 2.75) is 24.7 Å². The third-order valence-electron chi connectivity index (χ3n) is 5.01. The molecule has 7 nitrogen and oxygen atoms in total. The molecule has 162 valence electrons. The Morgan fingerprint density at radius 3 is 2.43 bits per heavy atom. The molecule has 9 heteroatoms. The molecule has 1 heterocycles. The van der Waals surface area contributed by atoms with Crippen LogP contribution in [0.4, 0.5) is 5.69 Å². The lowest BCUT2D eigenvalue weighted by molar-refractivity contribution is -0.118. The number of nitrogens with zero attached hydrogens (tertiary/aromatic N) is 1. The fourth-order valence-corrected chi connectivity index (χ4v) is 4.90. The summed E-state index contributed by atoms with van der Waals surface area (Å²) in [7, 11) is -2.00. The van der Waals surface area contributed by atoms with Crippen molar-refractivity contribution in [2.75, 3.05) is 32.1 Å². The molecule has 1 aliphatic rings. The molecular formula is C21H25ClN2O5S. The van der Waals surface area contributed by atoms with Gasteiger partial charge in [0.25, 0.3) is 5.91 Å². The van der Waals surface area contributed by atoms with Gasteiger partial charge in [-0.2, -0.15) is 4.31 Å². The lowest BCUT2D eigenvalue weighted by Crippen LogP contribution is -2.37. The van der Waals surface area contributed by atoms with E-state index in [0.29, 0.717) is 41.2 Å². The average molecular weight is 453 g/mol. The van der Waals surface area contributed by atoms with Gasteiger partial charge in [-0.25, -0.2) is 8.42 Å². The molecule has 3 rings (SSSR count). The number of amides is 1. The van der Waals surface area contributed by atoms with Crippen molar-refractivity contribution < 1.29 is 22.7 Å². The summed E-state index contributed by atoms with van der Waals surface area (Å²) in [6, 6.07) is 11.0. The second kappa shape index (κ2) is 9.68. The summed E-state index contributed by atoms with van der Waals surface area (Å²) in [5, 5.41) is 3.07. The van der Waals surface area contributed by atoms with E-state index < -0.39 is 10.0 Å². The number of nitrogens with one attached hydrogen (secondary N) is 1. The SMILES string of the molecule is COc1ccc(NC(=O)COc2ccc(S(=O)(=O)N3CCC(C)CC3)cc2)cc1Cl. The van der Waals surface area contributed by atoms with Gasteiger partial charge in [-0.05, 0) is 61.2 Å². The topological polar surface area (TPSA) is 84.9 Å². The van der Waals surface area contributed by atoms with Crippen molar-refractivity contribution in [2.24, 2.45) is 5.92 Å². The maximum Gasteiger partial charge on any atom is 0.262 e. The molecule has 0 unspecified atom stereocenters. The largest absolute Gasteiger partial charge is 0.495 e. The molecule has 2 aromatic rings. The smallest absolute Gasteiger partial charge is 0.262 e. The molecule has 0 atom stereocenters. The predicted octanol–water partition coefficient (Wildman–Crippen LogP) is 3.79. The standard InChI is InChI=1S/C21H25ClN2O5S/c1-15-9-11-24(12-10-15)30(26,27)18-6-4-17(5-7-18)29-14-21(25)23-16-3-8-20(28-2)19(22)13-16/h3-8,13,15H,9-12,14H2,1-2H3,(H,23,25). The molecule has 0 radical (unpaired) electrons. The Morgan fingerprint density at radius 2 is 1.83 bits per heavy atom. The first-order valence-electron chi connectivity index (χ1n) is 9.66. The number of methoxy groups -OCH3 is 1. The van der Waals surface area contributed by atoms with Crippen molar-refractivity contribution in [1.29, 1.82) is 0 Å². The van der Waals surface area contributed by atoms with Crippen LogP contribution >= 0.6 is 11.6 Å². The van der Waals surface area contributed by atoms with E-state index in [1.807, 2.05) is 0 Å². The van der Waals surface area contributed by atoms with Crippen LogP contribution in [-0.4, -0.2) is 45.4 Å². The minimum absolute atomic E-state index is 0.222. The Hall–Kier alpha value is -2.29. The van der Waals surface area contributed by atoms with Gasteiger partial charge in [0.2, 0.25) is 10.0 Å². The predicted molar refractivity (Wildman–Crippen MR) is 116 cm³/mol. The minimum atomic E-state index is -3.51. The summed E-state index contributed by atoms with van der Waals surface area (Å²) in [5.41, 5.74) is 0.520. The minimum Gasteiger partial charge on any atom is -0.495 e. The van der Waals surface area contributed by atoms with Crippen LogP contribution in [0.15, 0.2) is 47.4 Å². The van der Waals surface area contributed by atoms with Crippen molar-refractivity contribution >= 4 is 33.2 Å². The van der Waals surface area contributed by atoms with E-state index in [1.165, 1.54) is 23.5 Å². The first-order valence-corrected chi connectivity index (χ1v) is 11.5. The Kier molecular flexibility index (Phi) is 7.23. The maximum atomic E-state index is 12.7. The molecule has 1 amide bonds. The van der Waals surface area contributed by atoms with Crippen LogP contribution in [0.3, 0.4) is 0 Å². The second-order valence-electron chi connectivity index (χ2n) is 7.24. The van der Waals surface area contributed by atoms with Crippen molar-refractivity contribution in [1.82, 2.24) is 4.31 Å². The molecule has 1 fully saturated rings. The number of anilines is 1. The number of halogens is 1. The van der Waals surface area contributed by atoms with E-state index in [9.17, 15) is 13.2 Å². The van der Waals surface area contributed by atoms with E-state index >= 15 is 0 Å². The number of hydrogen-bond acceptors (Lipinski definition) is 5. The number of hydrogen-bond donors (Lipinski definition) is 1. The lowest BCUT2D eigenvalue weighted by Gasteiger charge is -2.29. The summed E-state index contributed by atoms with van der Waals surface area (Å²) in [6.07, 6.45) is 1.74. The molecule has 2 aromatic carbocycles. The zero-order chi connectivity index (χ0) is 21.7. The number of rotatable bonds is 7. The Morgan fingerprint density at radius 1 is 1.17 bits per heavy atom. The molecule has 0 aromatic heterocycles. The zero-order valence-electron chi connectivity index (χ0n) is 16.9. The van der Waals surface area contributed by atoms with Crippen molar-refractivity contribution in [3.05, 3.63) is 47.5 Å². The van der Waals surface area contributed by atoms with Crippen molar-refractivity contribution in [3.8, 4) is 11.5 Å². The average Bonchev–Trinajstić information content (AvgIpc) is 2.73. The van der Waals surface area contributed by atoms with Crippen LogP contribution in [0.2, 0.25) is 5.02 Å². The van der Waals surface area contributed by atoms with E-state index in [2.05, 4.69) is 12.2 Å². The lowest BCUT2D eigenvalue weighted by atomic mass is 10.0. The van der Waals surface area contributed by atoms with Crippen LogP contribution in [-0.2, 0) is 14.8 Å². The van der Waals surface area contributed by atoms with E-state index in [0.717, 1.165) is 12.8 Å². The Labute approximate surface area is 182 Å². The molecule has 0 spiro atoms. The van der Waals surface area contributed by atoms with Crippen LogP contribution in [0.5, 0.6) is 11.5 Å². The van der Waals surface area contributed by atoms with E-state index in [-0.39, 0.29) is 17.4 Å². The molecule has 0 aliphatic carbocycles. The molecular weight excluding hydrogens is 428 g/mol. The van der Waals surface area contributed by atoms with Crippen LogP contribution in [0.25, 0.3) is 0 Å². The highest BCUT2D eigenvalue weighted by Gasteiger charge is 2.27. The number of benzene rings is 2. The second-order valence-corrected chi connectivity index (χ2v) is 9.59. The highest BCUT2D eigenvalue weighted by molar-refractivity contribution is 7.89. The van der Waals surface area contributed by atoms with Gasteiger partial charge >= 0.3 is 0 Å². The van der Waals surface area contributed by atoms with Crippen LogP contribution in [0, 0.1) is 5.92 Å². The number of piperidine rings is 1. The van der Waals surface area contributed by atoms with Gasteiger partial charge in [0, 0.05) is 18.8 Å². The van der Waals surface area contributed by atoms with Crippen molar-refractivity contribution in [3.63, 3.8) is 0 Å². The highest BCUT2D eigenvalue weighted by atomic mass is 35.5. The van der Waals surface area contributed by atoms with Gasteiger partial charge in [-0.1, -0.05) is 18.5 Å². The summed E-state index contributed by atoms with van der Waals surface area (Å²) in [6.45, 7) is 2.99. The third-order valence-corrected chi connectivity index (χ3v) is 7.22. The summed E-state index contributed by atoms with van der Waals surface area (Å²) < 4.78 is 37.6.